The van der Waals surface area contributed by atoms with Crippen LogP contribution in [0.25, 0.3) is 15.6 Å². The zero-order valence-corrected chi connectivity index (χ0v) is 16.9. The van der Waals surface area contributed by atoms with Gasteiger partial charge in [0.2, 0.25) is 11.6 Å². The molecule has 4 atom stereocenters. The minimum Gasteiger partial charge on any atom is -0.508 e. The summed E-state index contributed by atoms with van der Waals surface area (Å²) in [5.41, 5.74) is 0.826. The number of aliphatic hydroxyl groups excluding tert-OH is 1. The van der Waals surface area contributed by atoms with Crippen LogP contribution in [0.1, 0.15) is 25.8 Å². The van der Waals surface area contributed by atoms with Crippen molar-refractivity contribution in [1.29, 1.82) is 0 Å². The van der Waals surface area contributed by atoms with Crippen LogP contribution in [-0.4, -0.2) is 48.0 Å². The number of aliphatic hydroxyl groups is 1. The van der Waals surface area contributed by atoms with Crippen molar-refractivity contribution in [2.75, 3.05) is 13.7 Å². The van der Waals surface area contributed by atoms with Gasteiger partial charge in [-0.05, 0) is 30.9 Å². The van der Waals surface area contributed by atoms with Crippen LogP contribution in [0.5, 0.6) is 11.6 Å². The monoisotopic (exact) mass is 411 g/mol. The maximum absolute atomic E-state index is 14.0. The third-order valence-corrected chi connectivity index (χ3v) is 5.03. The van der Waals surface area contributed by atoms with Gasteiger partial charge < -0.3 is 19.9 Å². The fourth-order valence-electron chi connectivity index (χ4n) is 3.47. The molecule has 0 saturated carbocycles. The van der Waals surface area contributed by atoms with Crippen molar-refractivity contribution in [3.8, 4) is 23.5 Å². The number of benzene rings is 1. The standard InChI is InChI=1S/C22H22FN3O4/c1-5-14-18(26-21(28)20(14)23)11-30-22-16-9-19(29-4)17(24-3)8-15(16)13(10-25-22)7-6-12(2)27/h8-10,12,14,18,20,27H,5,11H2,1-2,4H3,(H,26,28)/t12-,14-,18+,20-/m0/s1. The maximum Gasteiger partial charge on any atom is 0.255 e. The Morgan fingerprint density at radius 2 is 2.20 bits per heavy atom. The third-order valence-electron chi connectivity index (χ3n) is 5.03. The summed E-state index contributed by atoms with van der Waals surface area (Å²) in [5.74, 6) is 5.05. The van der Waals surface area contributed by atoms with Gasteiger partial charge in [0.25, 0.3) is 5.91 Å². The van der Waals surface area contributed by atoms with E-state index in [1.54, 1.807) is 19.1 Å². The van der Waals surface area contributed by atoms with Crippen molar-refractivity contribution >= 4 is 22.4 Å². The lowest BCUT2D eigenvalue weighted by Crippen LogP contribution is -2.34. The van der Waals surface area contributed by atoms with Crippen molar-refractivity contribution in [1.82, 2.24) is 10.3 Å². The number of carbonyl (C=O) groups is 1. The molecule has 156 valence electrons. The Bertz CT molecular complexity index is 1070. The molecule has 1 aromatic heterocycles. The predicted octanol–water partition coefficient (Wildman–Crippen LogP) is 2.77. The first-order chi connectivity index (χ1) is 14.4. The van der Waals surface area contributed by atoms with Crippen LogP contribution >= 0.6 is 0 Å². The van der Waals surface area contributed by atoms with E-state index >= 15 is 0 Å². The largest absolute Gasteiger partial charge is 0.508 e. The van der Waals surface area contributed by atoms with E-state index in [1.807, 2.05) is 6.92 Å². The maximum atomic E-state index is 14.0. The van der Waals surface area contributed by atoms with Gasteiger partial charge in [-0.1, -0.05) is 18.8 Å². The fraction of sp³-hybridized carbons (Fsp3) is 0.409. The molecule has 1 aliphatic rings. The normalized spacial score (nSPS) is 21.3. The van der Waals surface area contributed by atoms with E-state index in [4.69, 9.17) is 16.0 Å². The van der Waals surface area contributed by atoms with Gasteiger partial charge in [0, 0.05) is 23.1 Å². The molecule has 1 fully saturated rings. The van der Waals surface area contributed by atoms with Crippen LogP contribution in [0.2, 0.25) is 0 Å². The second kappa shape index (κ2) is 8.98. The first-order valence-corrected chi connectivity index (χ1v) is 9.54. The van der Waals surface area contributed by atoms with Gasteiger partial charge in [-0.25, -0.2) is 14.2 Å². The van der Waals surface area contributed by atoms with Gasteiger partial charge in [0.1, 0.15) is 18.5 Å². The number of methoxy groups -OCH3 is 1. The minimum absolute atomic E-state index is 0.0539. The quantitative estimate of drug-likeness (QED) is 0.584. The first kappa shape index (κ1) is 21.4. The molecule has 1 amide bonds. The van der Waals surface area contributed by atoms with Crippen LogP contribution < -0.4 is 14.8 Å². The summed E-state index contributed by atoms with van der Waals surface area (Å²) in [6, 6.07) is 2.81. The number of rotatable bonds is 5. The summed E-state index contributed by atoms with van der Waals surface area (Å²) in [6.45, 7) is 10.8. The van der Waals surface area contributed by atoms with E-state index in [1.165, 1.54) is 13.3 Å². The molecule has 2 aromatic rings. The van der Waals surface area contributed by atoms with Gasteiger partial charge in [-0.15, -0.1) is 0 Å². The lowest BCUT2D eigenvalue weighted by Gasteiger charge is -2.19. The number of nitrogens with one attached hydrogen (secondary N) is 1. The Kier molecular flexibility index (Phi) is 6.39. The average Bonchev–Trinajstić information content (AvgIpc) is 3.02. The van der Waals surface area contributed by atoms with Gasteiger partial charge >= 0.3 is 0 Å². The van der Waals surface area contributed by atoms with Crippen molar-refractivity contribution < 1.29 is 23.8 Å². The Morgan fingerprint density at radius 3 is 2.83 bits per heavy atom. The van der Waals surface area contributed by atoms with Gasteiger partial charge in [0.05, 0.1) is 19.7 Å². The van der Waals surface area contributed by atoms with E-state index in [-0.39, 0.29) is 12.5 Å². The molecule has 1 aliphatic heterocycles. The first-order valence-electron chi connectivity index (χ1n) is 9.54. The molecular formula is C22H22FN3O4. The highest BCUT2D eigenvalue weighted by atomic mass is 19.1. The van der Waals surface area contributed by atoms with E-state index in [2.05, 4.69) is 27.0 Å². The average molecular weight is 411 g/mol. The van der Waals surface area contributed by atoms with E-state index in [0.717, 1.165) is 0 Å². The molecule has 0 bridgehead atoms. The van der Waals surface area contributed by atoms with Crippen molar-refractivity contribution in [2.24, 2.45) is 5.92 Å². The number of nitrogens with zero attached hydrogens (tertiary/aromatic N) is 2. The Labute approximate surface area is 174 Å². The lowest BCUT2D eigenvalue weighted by molar-refractivity contribution is -0.123. The third kappa shape index (κ3) is 4.14. The minimum atomic E-state index is -1.55. The molecule has 2 heterocycles. The number of amides is 1. The van der Waals surface area contributed by atoms with Gasteiger partial charge in [0.15, 0.2) is 6.17 Å². The second-order valence-corrected chi connectivity index (χ2v) is 7.00. The smallest absolute Gasteiger partial charge is 0.255 e. The van der Waals surface area contributed by atoms with Gasteiger partial charge in [-0.2, -0.15) is 0 Å². The zero-order chi connectivity index (χ0) is 21.8. The number of alkyl halides is 1. The highest BCUT2D eigenvalue weighted by Crippen LogP contribution is 2.37. The molecule has 2 N–H and O–H groups in total. The van der Waals surface area contributed by atoms with Crippen molar-refractivity contribution in [3.05, 3.63) is 35.3 Å². The topological polar surface area (TPSA) is 85.0 Å². The molecule has 3 rings (SSSR count). The molecule has 30 heavy (non-hydrogen) atoms. The van der Waals surface area contributed by atoms with Crippen LogP contribution in [0, 0.1) is 24.3 Å². The number of fused-ring (bicyclic) bond motifs is 1. The molecule has 1 aromatic carbocycles. The fourth-order valence-corrected chi connectivity index (χ4v) is 3.47. The number of hydrogen-bond donors (Lipinski definition) is 2. The van der Waals surface area contributed by atoms with E-state index in [9.17, 15) is 14.3 Å². The molecule has 0 spiro atoms. The van der Waals surface area contributed by atoms with Gasteiger partial charge in [-0.3, -0.25) is 4.79 Å². The summed E-state index contributed by atoms with van der Waals surface area (Å²) in [4.78, 5) is 19.5. The molecule has 0 aliphatic carbocycles. The highest BCUT2D eigenvalue weighted by Gasteiger charge is 2.41. The van der Waals surface area contributed by atoms with Crippen molar-refractivity contribution in [3.63, 3.8) is 0 Å². The summed E-state index contributed by atoms with van der Waals surface area (Å²) < 4.78 is 25.2. The Balaban J connectivity index is 2.01. The summed E-state index contributed by atoms with van der Waals surface area (Å²) in [5, 5.41) is 13.3. The van der Waals surface area contributed by atoms with E-state index in [0.29, 0.717) is 34.2 Å². The van der Waals surface area contributed by atoms with Crippen LogP contribution in [0.3, 0.4) is 0 Å². The molecule has 0 unspecified atom stereocenters. The second-order valence-electron chi connectivity index (χ2n) is 7.00. The molecule has 1 saturated heterocycles. The SMILES string of the molecule is [C-]#[N+]c1cc2c(C#C[C@H](C)O)cnc(OC[C@H]3NC(=O)[C@@H](F)[C@H]3CC)c2cc1OC. The van der Waals surface area contributed by atoms with Crippen LogP contribution in [0.4, 0.5) is 10.1 Å². The zero-order valence-electron chi connectivity index (χ0n) is 16.9. The number of ether oxygens (including phenoxy) is 2. The molecular weight excluding hydrogens is 389 g/mol. The highest BCUT2D eigenvalue weighted by molar-refractivity contribution is 5.96. The number of pyridine rings is 1. The number of hydrogen-bond acceptors (Lipinski definition) is 5. The lowest BCUT2D eigenvalue weighted by atomic mass is 9.97. The summed E-state index contributed by atoms with van der Waals surface area (Å²) in [7, 11) is 1.46. The van der Waals surface area contributed by atoms with Crippen molar-refractivity contribution in [2.45, 2.75) is 38.6 Å². The molecule has 0 radical (unpaired) electrons. The van der Waals surface area contributed by atoms with Crippen LogP contribution in [-0.2, 0) is 4.79 Å². The van der Waals surface area contributed by atoms with Crippen LogP contribution in [0.15, 0.2) is 18.3 Å². The number of halogens is 1. The Hall–Kier alpha value is -3.36. The number of aromatic nitrogens is 1. The predicted molar refractivity (Wildman–Crippen MR) is 109 cm³/mol. The number of carbonyl (C=O) groups excluding carboxylic acids is 1. The Morgan fingerprint density at radius 1 is 1.43 bits per heavy atom. The van der Waals surface area contributed by atoms with E-state index < -0.39 is 30.1 Å². The summed E-state index contributed by atoms with van der Waals surface area (Å²) >= 11 is 0. The summed E-state index contributed by atoms with van der Waals surface area (Å²) in [6.07, 6.45) is -0.374. The molecule has 8 heteroatoms. The molecule has 7 nitrogen and oxygen atoms in total.